The molecule has 1 heterocycles. The van der Waals surface area contributed by atoms with Crippen molar-refractivity contribution in [2.45, 2.75) is 39.2 Å². The van der Waals surface area contributed by atoms with E-state index in [9.17, 15) is 9.59 Å². The minimum Gasteiger partial charge on any atom is -0.356 e. The van der Waals surface area contributed by atoms with Crippen LogP contribution in [-0.4, -0.2) is 36.3 Å². The van der Waals surface area contributed by atoms with E-state index in [4.69, 9.17) is 5.73 Å². The van der Waals surface area contributed by atoms with Crippen molar-refractivity contribution in [2.75, 3.05) is 19.6 Å². The molecule has 1 aromatic carbocycles. The van der Waals surface area contributed by atoms with Crippen LogP contribution in [0, 0.1) is 11.8 Å². The predicted octanol–water partition coefficient (Wildman–Crippen LogP) is 1.87. The van der Waals surface area contributed by atoms with Crippen LogP contribution in [0.5, 0.6) is 0 Å². The van der Waals surface area contributed by atoms with Crippen LogP contribution in [0.3, 0.4) is 0 Å². The quantitative estimate of drug-likeness (QED) is 0.865. The second-order valence-corrected chi connectivity index (χ2v) is 7.23. The Balaban J connectivity index is 1.98. The summed E-state index contributed by atoms with van der Waals surface area (Å²) in [6, 6.07) is 9.49. The van der Waals surface area contributed by atoms with E-state index in [0.29, 0.717) is 13.1 Å². The molecule has 0 radical (unpaired) electrons. The molecule has 5 heteroatoms. The first-order chi connectivity index (χ1) is 11.3. The monoisotopic (exact) mass is 331 g/mol. The van der Waals surface area contributed by atoms with E-state index in [1.807, 2.05) is 49.1 Å². The van der Waals surface area contributed by atoms with Gasteiger partial charge in [0.15, 0.2) is 0 Å². The average molecular weight is 331 g/mol. The van der Waals surface area contributed by atoms with Crippen molar-refractivity contribution in [3.8, 4) is 0 Å². The Morgan fingerprint density at radius 3 is 2.62 bits per heavy atom. The van der Waals surface area contributed by atoms with Crippen molar-refractivity contribution in [1.82, 2.24) is 10.2 Å². The molecule has 0 bridgehead atoms. The highest BCUT2D eigenvalue weighted by molar-refractivity contribution is 5.87. The molecule has 1 saturated heterocycles. The van der Waals surface area contributed by atoms with Gasteiger partial charge >= 0.3 is 0 Å². The molecule has 0 aliphatic carbocycles. The first kappa shape index (κ1) is 18.5. The summed E-state index contributed by atoms with van der Waals surface area (Å²) in [5.41, 5.74) is 6.16. The Morgan fingerprint density at radius 2 is 2.00 bits per heavy atom. The van der Waals surface area contributed by atoms with Crippen molar-refractivity contribution < 1.29 is 9.59 Å². The zero-order valence-electron chi connectivity index (χ0n) is 14.9. The Labute approximate surface area is 144 Å². The number of nitrogens with two attached hydrogens (primary N) is 1. The fourth-order valence-corrected chi connectivity index (χ4v) is 3.10. The maximum atomic E-state index is 12.9. The lowest BCUT2D eigenvalue weighted by Gasteiger charge is -2.37. The lowest BCUT2D eigenvalue weighted by atomic mass is 9.89. The summed E-state index contributed by atoms with van der Waals surface area (Å²) in [5, 5.41) is 2.97. The van der Waals surface area contributed by atoms with Crippen LogP contribution in [0.1, 0.15) is 39.2 Å². The molecule has 0 saturated carbocycles. The van der Waals surface area contributed by atoms with Crippen LogP contribution in [0.15, 0.2) is 30.3 Å². The highest BCUT2D eigenvalue weighted by Gasteiger charge is 2.36. The van der Waals surface area contributed by atoms with Crippen LogP contribution in [-0.2, 0) is 15.1 Å². The molecule has 0 aromatic heterocycles. The number of carbonyl (C=O) groups is 2. The van der Waals surface area contributed by atoms with Crippen LogP contribution >= 0.6 is 0 Å². The van der Waals surface area contributed by atoms with Gasteiger partial charge in [-0.1, -0.05) is 44.2 Å². The van der Waals surface area contributed by atoms with E-state index in [-0.39, 0.29) is 23.7 Å². The molecular formula is C19H29N3O2. The number of hydrogen-bond acceptors (Lipinski definition) is 3. The van der Waals surface area contributed by atoms with Crippen molar-refractivity contribution in [3.05, 3.63) is 35.9 Å². The van der Waals surface area contributed by atoms with Crippen LogP contribution < -0.4 is 11.1 Å². The number of nitrogens with one attached hydrogen (secondary N) is 1. The predicted molar refractivity (Wildman–Crippen MR) is 95.1 cm³/mol. The molecule has 2 atom stereocenters. The van der Waals surface area contributed by atoms with E-state index in [2.05, 4.69) is 5.32 Å². The van der Waals surface area contributed by atoms with Crippen molar-refractivity contribution >= 4 is 11.8 Å². The Bertz CT molecular complexity index is 569. The second-order valence-electron chi connectivity index (χ2n) is 7.23. The van der Waals surface area contributed by atoms with Gasteiger partial charge in [0.1, 0.15) is 5.54 Å². The molecular weight excluding hydrogens is 302 g/mol. The zero-order valence-corrected chi connectivity index (χ0v) is 14.9. The largest absolute Gasteiger partial charge is 0.356 e. The number of rotatable bonds is 5. The van der Waals surface area contributed by atoms with Crippen molar-refractivity contribution in [2.24, 2.45) is 17.6 Å². The van der Waals surface area contributed by atoms with E-state index in [1.54, 1.807) is 6.92 Å². The summed E-state index contributed by atoms with van der Waals surface area (Å²) in [5.74, 6) is 0.286. The molecule has 1 aliphatic rings. The summed E-state index contributed by atoms with van der Waals surface area (Å²) in [6.07, 6.45) is 1.97. The van der Waals surface area contributed by atoms with Gasteiger partial charge in [0.25, 0.3) is 0 Å². The molecule has 1 aliphatic heterocycles. The number of hydrogen-bond donors (Lipinski definition) is 2. The van der Waals surface area contributed by atoms with Gasteiger partial charge in [-0.05, 0) is 31.2 Å². The Kier molecular flexibility index (Phi) is 5.99. The summed E-state index contributed by atoms with van der Waals surface area (Å²) in [7, 11) is 0. The lowest BCUT2D eigenvalue weighted by Crippen LogP contribution is -2.54. The molecule has 5 nitrogen and oxygen atoms in total. The number of amides is 2. The van der Waals surface area contributed by atoms with Crippen LogP contribution in [0.25, 0.3) is 0 Å². The summed E-state index contributed by atoms with van der Waals surface area (Å²) >= 11 is 0. The van der Waals surface area contributed by atoms with E-state index in [0.717, 1.165) is 24.9 Å². The smallest absolute Gasteiger partial charge is 0.246 e. The number of likely N-dealkylation sites (tertiary alicyclic amines) is 1. The van der Waals surface area contributed by atoms with Gasteiger partial charge in [-0.25, -0.2) is 0 Å². The third-order valence-corrected chi connectivity index (χ3v) is 4.71. The standard InChI is InChI=1S/C19H29N3O2/c1-14(2)17(23)21-12-15-8-7-11-22(13-15)18(24)19(3,20)16-9-5-4-6-10-16/h4-6,9-10,14-15H,7-8,11-13,20H2,1-3H3,(H,21,23). The molecule has 1 aromatic rings. The lowest BCUT2D eigenvalue weighted by molar-refractivity contribution is -0.138. The molecule has 3 N–H and O–H groups in total. The number of piperidine rings is 1. The average Bonchev–Trinajstić information content (AvgIpc) is 2.59. The maximum Gasteiger partial charge on any atom is 0.246 e. The van der Waals surface area contributed by atoms with E-state index >= 15 is 0 Å². The third-order valence-electron chi connectivity index (χ3n) is 4.71. The van der Waals surface area contributed by atoms with Crippen LogP contribution in [0.2, 0.25) is 0 Å². The highest BCUT2D eigenvalue weighted by atomic mass is 16.2. The van der Waals surface area contributed by atoms with E-state index < -0.39 is 5.54 Å². The van der Waals surface area contributed by atoms with E-state index in [1.165, 1.54) is 0 Å². The molecule has 0 spiro atoms. The first-order valence-corrected chi connectivity index (χ1v) is 8.74. The van der Waals surface area contributed by atoms with Crippen molar-refractivity contribution in [3.63, 3.8) is 0 Å². The molecule has 132 valence electrons. The summed E-state index contributed by atoms with van der Waals surface area (Å²) < 4.78 is 0. The van der Waals surface area contributed by atoms with Gasteiger partial charge in [0.2, 0.25) is 11.8 Å². The topological polar surface area (TPSA) is 75.4 Å². The number of nitrogens with zero attached hydrogens (tertiary/aromatic N) is 1. The van der Waals surface area contributed by atoms with Gasteiger partial charge in [-0.3, -0.25) is 9.59 Å². The SMILES string of the molecule is CC(C)C(=O)NCC1CCCN(C(=O)C(C)(N)c2ccccc2)C1. The third kappa shape index (κ3) is 4.35. The molecule has 2 rings (SSSR count). The minimum atomic E-state index is -1.02. The van der Waals surface area contributed by atoms with Gasteiger partial charge in [-0.15, -0.1) is 0 Å². The zero-order chi connectivity index (χ0) is 17.7. The first-order valence-electron chi connectivity index (χ1n) is 8.74. The number of carbonyl (C=O) groups excluding carboxylic acids is 2. The molecule has 1 fully saturated rings. The molecule has 2 amide bonds. The second kappa shape index (κ2) is 7.79. The van der Waals surface area contributed by atoms with Crippen LogP contribution in [0.4, 0.5) is 0 Å². The summed E-state index contributed by atoms with van der Waals surface area (Å²) in [6.45, 7) is 7.53. The van der Waals surface area contributed by atoms with Gasteiger partial charge < -0.3 is 16.0 Å². The van der Waals surface area contributed by atoms with Gasteiger partial charge in [0.05, 0.1) is 0 Å². The van der Waals surface area contributed by atoms with Crippen molar-refractivity contribution in [1.29, 1.82) is 0 Å². The Morgan fingerprint density at radius 1 is 1.33 bits per heavy atom. The maximum absolute atomic E-state index is 12.9. The molecule has 2 unspecified atom stereocenters. The number of benzene rings is 1. The van der Waals surface area contributed by atoms with Gasteiger partial charge in [-0.2, -0.15) is 0 Å². The fraction of sp³-hybridized carbons (Fsp3) is 0.579. The normalized spacial score (nSPS) is 20.5. The summed E-state index contributed by atoms with van der Waals surface area (Å²) in [4.78, 5) is 26.5. The van der Waals surface area contributed by atoms with Gasteiger partial charge in [0, 0.05) is 25.6 Å². The fourth-order valence-electron chi connectivity index (χ4n) is 3.10. The minimum absolute atomic E-state index is 0.0169. The molecule has 24 heavy (non-hydrogen) atoms. The Hall–Kier alpha value is -1.88. The highest BCUT2D eigenvalue weighted by Crippen LogP contribution is 2.24.